The van der Waals surface area contributed by atoms with E-state index in [4.69, 9.17) is 0 Å². The fraction of sp³-hybridized carbons (Fsp3) is 0.478. The van der Waals surface area contributed by atoms with E-state index in [-0.39, 0.29) is 18.4 Å². The number of likely N-dealkylation sites (N-methyl/N-ethyl adjacent to an activating group) is 2. The molecule has 1 saturated heterocycles. The molecule has 1 aliphatic heterocycles. The normalized spacial score (nSPS) is 15.1. The van der Waals surface area contributed by atoms with Crippen molar-refractivity contribution in [3.8, 4) is 0 Å². The summed E-state index contributed by atoms with van der Waals surface area (Å²) in [6.45, 7) is 9.88. The molecule has 0 unspecified atom stereocenters. The van der Waals surface area contributed by atoms with Gasteiger partial charge in [0.2, 0.25) is 11.8 Å². The van der Waals surface area contributed by atoms with Gasteiger partial charge in [0.15, 0.2) is 0 Å². The van der Waals surface area contributed by atoms with E-state index in [9.17, 15) is 9.59 Å². The van der Waals surface area contributed by atoms with Crippen LogP contribution in [-0.4, -0.2) is 78.9 Å². The molecule has 0 atom stereocenters. The molecule has 0 radical (unpaired) electrons. The van der Waals surface area contributed by atoms with Gasteiger partial charge in [-0.05, 0) is 29.8 Å². The molecule has 0 bridgehead atoms. The van der Waals surface area contributed by atoms with Gasteiger partial charge in [0.25, 0.3) is 0 Å². The van der Waals surface area contributed by atoms with Crippen molar-refractivity contribution in [2.24, 2.45) is 0 Å². The van der Waals surface area contributed by atoms with Crippen LogP contribution in [0, 0.1) is 0 Å². The van der Waals surface area contributed by atoms with Gasteiger partial charge in [-0.3, -0.25) is 19.4 Å². The summed E-state index contributed by atoms with van der Waals surface area (Å²) < 4.78 is 0. The molecule has 29 heavy (non-hydrogen) atoms. The number of hydrogen-bond acceptors (Lipinski definition) is 4. The summed E-state index contributed by atoms with van der Waals surface area (Å²) >= 11 is 0. The number of rotatable bonds is 8. The number of carbonyl (C=O) groups is 2. The molecule has 6 nitrogen and oxygen atoms in total. The molecular weight excluding hydrogens is 364 g/mol. The van der Waals surface area contributed by atoms with Crippen molar-refractivity contribution in [2.45, 2.75) is 20.4 Å². The second-order valence-corrected chi connectivity index (χ2v) is 7.55. The number of hydrogen-bond donors (Lipinski definition) is 1. The second kappa shape index (κ2) is 10.4. The number of benzene rings is 2. The fourth-order valence-electron chi connectivity index (χ4n) is 3.85. The van der Waals surface area contributed by atoms with Gasteiger partial charge in [0.05, 0.1) is 13.1 Å². The summed E-state index contributed by atoms with van der Waals surface area (Å²) in [5.74, 6) is 0.0861. The zero-order chi connectivity index (χ0) is 20.6. The molecule has 6 heteroatoms. The Morgan fingerprint density at radius 1 is 0.966 bits per heavy atom. The molecule has 3 rings (SSSR count). The SMILES string of the molecule is CCNC(=O)CN(CC)CC(=O)N1CCN(Cc2cccc3ccccc23)CC1. The quantitative estimate of drug-likeness (QED) is 0.741. The first-order valence-corrected chi connectivity index (χ1v) is 10.6. The van der Waals surface area contributed by atoms with Crippen LogP contribution in [0.1, 0.15) is 19.4 Å². The molecule has 0 aliphatic carbocycles. The van der Waals surface area contributed by atoms with E-state index in [1.807, 2.05) is 23.6 Å². The Hall–Kier alpha value is -2.44. The van der Waals surface area contributed by atoms with Crippen LogP contribution in [0.3, 0.4) is 0 Å². The third-order valence-corrected chi connectivity index (χ3v) is 5.55. The van der Waals surface area contributed by atoms with E-state index in [0.29, 0.717) is 19.6 Å². The number of carbonyl (C=O) groups excluding carboxylic acids is 2. The van der Waals surface area contributed by atoms with Gasteiger partial charge >= 0.3 is 0 Å². The molecule has 0 spiro atoms. The van der Waals surface area contributed by atoms with Gasteiger partial charge in [-0.15, -0.1) is 0 Å². The van der Waals surface area contributed by atoms with Crippen molar-refractivity contribution in [3.05, 3.63) is 48.0 Å². The maximum Gasteiger partial charge on any atom is 0.236 e. The van der Waals surface area contributed by atoms with Crippen LogP contribution in [0.5, 0.6) is 0 Å². The van der Waals surface area contributed by atoms with Crippen LogP contribution in [0.4, 0.5) is 0 Å². The van der Waals surface area contributed by atoms with Crippen molar-refractivity contribution >= 4 is 22.6 Å². The van der Waals surface area contributed by atoms with Crippen molar-refractivity contribution in [3.63, 3.8) is 0 Å². The fourth-order valence-corrected chi connectivity index (χ4v) is 3.85. The highest BCUT2D eigenvalue weighted by Crippen LogP contribution is 2.20. The van der Waals surface area contributed by atoms with E-state index >= 15 is 0 Å². The summed E-state index contributed by atoms with van der Waals surface area (Å²) in [5.41, 5.74) is 1.34. The third kappa shape index (κ3) is 5.78. The Morgan fingerprint density at radius 3 is 2.41 bits per heavy atom. The highest BCUT2D eigenvalue weighted by molar-refractivity contribution is 5.85. The maximum absolute atomic E-state index is 12.7. The minimum atomic E-state index is -0.0259. The van der Waals surface area contributed by atoms with Gasteiger partial charge in [0, 0.05) is 39.3 Å². The summed E-state index contributed by atoms with van der Waals surface area (Å²) in [7, 11) is 0. The van der Waals surface area contributed by atoms with Gasteiger partial charge in [-0.2, -0.15) is 0 Å². The lowest BCUT2D eigenvalue weighted by atomic mass is 10.0. The predicted molar refractivity (Wildman–Crippen MR) is 117 cm³/mol. The minimum Gasteiger partial charge on any atom is -0.355 e. The average Bonchev–Trinajstić information content (AvgIpc) is 2.74. The Morgan fingerprint density at radius 2 is 1.69 bits per heavy atom. The first-order chi connectivity index (χ1) is 14.1. The predicted octanol–water partition coefficient (Wildman–Crippen LogP) is 1.94. The monoisotopic (exact) mass is 396 g/mol. The molecule has 156 valence electrons. The molecular formula is C23H32N4O2. The van der Waals surface area contributed by atoms with Crippen molar-refractivity contribution < 1.29 is 9.59 Å². The highest BCUT2D eigenvalue weighted by atomic mass is 16.2. The molecule has 1 heterocycles. The molecule has 1 fully saturated rings. The van der Waals surface area contributed by atoms with Gasteiger partial charge < -0.3 is 10.2 Å². The number of nitrogens with zero attached hydrogens (tertiary/aromatic N) is 3. The standard InChI is InChI=1S/C23H32N4O2/c1-3-24-22(28)17-25(4-2)18-23(29)27-14-12-26(13-15-27)16-20-10-7-9-19-8-5-6-11-21(19)20/h5-11H,3-4,12-18H2,1-2H3,(H,24,28). The van der Waals surface area contributed by atoms with Crippen LogP contribution in [0.2, 0.25) is 0 Å². The number of piperazine rings is 1. The highest BCUT2D eigenvalue weighted by Gasteiger charge is 2.23. The van der Waals surface area contributed by atoms with Crippen LogP contribution in [0.15, 0.2) is 42.5 Å². The summed E-state index contributed by atoms with van der Waals surface area (Å²) in [6.07, 6.45) is 0. The lowest BCUT2D eigenvalue weighted by molar-refractivity contribution is -0.134. The maximum atomic E-state index is 12.7. The zero-order valence-corrected chi connectivity index (χ0v) is 17.6. The van der Waals surface area contributed by atoms with Crippen molar-refractivity contribution in [1.82, 2.24) is 20.0 Å². The van der Waals surface area contributed by atoms with Crippen LogP contribution < -0.4 is 5.32 Å². The van der Waals surface area contributed by atoms with E-state index in [1.54, 1.807) is 0 Å². The molecule has 2 aromatic carbocycles. The zero-order valence-electron chi connectivity index (χ0n) is 17.6. The molecule has 2 amide bonds. The van der Waals surface area contributed by atoms with Crippen molar-refractivity contribution in [1.29, 1.82) is 0 Å². The summed E-state index contributed by atoms with van der Waals surface area (Å²) in [4.78, 5) is 30.7. The van der Waals surface area contributed by atoms with Crippen LogP contribution >= 0.6 is 0 Å². The number of nitrogens with one attached hydrogen (secondary N) is 1. The Bertz CT molecular complexity index is 825. The lowest BCUT2D eigenvalue weighted by Crippen LogP contribution is -2.51. The first kappa shape index (κ1) is 21.3. The van der Waals surface area contributed by atoms with E-state index in [2.05, 4.69) is 52.7 Å². The minimum absolute atomic E-state index is 0.0259. The summed E-state index contributed by atoms with van der Waals surface area (Å²) in [5, 5.41) is 5.36. The Balaban J connectivity index is 1.50. The molecule has 0 saturated carbocycles. The Kier molecular flexibility index (Phi) is 7.61. The molecule has 0 aromatic heterocycles. The van der Waals surface area contributed by atoms with Gasteiger partial charge in [-0.25, -0.2) is 0 Å². The average molecular weight is 397 g/mol. The van der Waals surface area contributed by atoms with Crippen LogP contribution in [-0.2, 0) is 16.1 Å². The topological polar surface area (TPSA) is 55.9 Å². The third-order valence-electron chi connectivity index (χ3n) is 5.55. The van der Waals surface area contributed by atoms with E-state index < -0.39 is 0 Å². The number of amides is 2. The smallest absolute Gasteiger partial charge is 0.236 e. The summed E-state index contributed by atoms with van der Waals surface area (Å²) in [6, 6.07) is 14.9. The molecule has 1 aliphatic rings. The lowest BCUT2D eigenvalue weighted by Gasteiger charge is -2.36. The molecule has 1 N–H and O–H groups in total. The van der Waals surface area contributed by atoms with E-state index in [0.717, 1.165) is 32.7 Å². The first-order valence-electron chi connectivity index (χ1n) is 10.6. The number of fused-ring (bicyclic) bond motifs is 1. The van der Waals surface area contributed by atoms with Gasteiger partial charge in [-0.1, -0.05) is 49.4 Å². The Labute approximate surface area is 173 Å². The van der Waals surface area contributed by atoms with Crippen molar-refractivity contribution in [2.75, 3.05) is 52.4 Å². The molecule has 2 aromatic rings. The van der Waals surface area contributed by atoms with E-state index in [1.165, 1.54) is 16.3 Å². The second-order valence-electron chi connectivity index (χ2n) is 7.55. The van der Waals surface area contributed by atoms with Gasteiger partial charge in [0.1, 0.15) is 0 Å². The largest absolute Gasteiger partial charge is 0.355 e. The van der Waals surface area contributed by atoms with Crippen LogP contribution in [0.25, 0.3) is 10.8 Å².